The van der Waals surface area contributed by atoms with Crippen LogP contribution in [0.25, 0.3) is 0 Å². The predicted octanol–water partition coefficient (Wildman–Crippen LogP) is 5.69. The SMILES string of the molecule is BrC12c3ccccc3C(Br)(c3ccccc31)c1ccccc12. The molecule has 0 N–H and O–H groups in total. The first-order valence-corrected chi connectivity index (χ1v) is 8.95. The van der Waals surface area contributed by atoms with E-state index in [-0.39, 0.29) is 8.65 Å². The summed E-state index contributed by atoms with van der Waals surface area (Å²) in [5.74, 6) is 0. The molecule has 0 fully saturated rings. The second kappa shape index (κ2) is 4.12. The Hall–Kier alpha value is -1.38. The number of benzene rings is 3. The van der Waals surface area contributed by atoms with Crippen LogP contribution < -0.4 is 0 Å². The maximum atomic E-state index is 4.13. The van der Waals surface area contributed by atoms with Crippen molar-refractivity contribution in [2.75, 3.05) is 0 Å². The Morgan fingerprint density at radius 3 is 0.773 bits per heavy atom. The quantitative estimate of drug-likeness (QED) is 0.417. The Kier molecular flexibility index (Phi) is 2.45. The molecule has 6 rings (SSSR count). The van der Waals surface area contributed by atoms with Crippen molar-refractivity contribution in [3.8, 4) is 0 Å². The van der Waals surface area contributed by atoms with Crippen LogP contribution in [0.2, 0.25) is 0 Å². The van der Waals surface area contributed by atoms with Gasteiger partial charge in [-0.15, -0.1) is 0 Å². The van der Waals surface area contributed by atoms with Crippen LogP contribution in [0.15, 0.2) is 72.8 Å². The predicted molar refractivity (Wildman–Crippen MR) is 96.9 cm³/mol. The van der Waals surface area contributed by atoms with E-state index < -0.39 is 0 Å². The van der Waals surface area contributed by atoms with Gasteiger partial charge in [-0.25, -0.2) is 0 Å². The Morgan fingerprint density at radius 2 is 0.591 bits per heavy atom. The first kappa shape index (κ1) is 13.1. The zero-order valence-corrected chi connectivity index (χ0v) is 14.9. The van der Waals surface area contributed by atoms with Gasteiger partial charge in [-0.1, -0.05) is 105 Å². The molecule has 0 saturated carbocycles. The molecule has 0 saturated heterocycles. The third-order valence-corrected chi connectivity index (χ3v) is 7.57. The Bertz CT molecular complexity index is 733. The van der Waals surface area contributed by atoms with Crippen molar-refractivity contribution in [1.29, 1.82) is 0 Å². The summed E-state index contributed by atoms with van der Waals surface area (Å²) in [5.41, 5.74) is 8.02. The first-order chi connectivity index (χ1) is 10.7. The normalized spacial score (nSPS) is 27.0. The van der Waals surface area contributed by atoms with E-state index in [0.717, 1.165) is 0 Å². The van der Waals surface area contributed by atoms with Crippen LogP contribution in [-0.2, 0) is 8.65 Å². The average Bonchev–Trinajstić information content (AvgIpc) is 2.59. The number of alkyl halides is 2. The molecular formula is C20H12Br2. The molecule has 2 heteroatoms. The van der Waals surface area contributed by atoms with Gasteiger partial charge in [-0.2, -0.15) is 0 Å². The van der Waals surface area contributed by atoms with Crippen molar-refractivity contribution in [1.82, 2.24) is 0 Å². The molecule has 0 aromatic heterocycles. The van der Waals surface area contributed by atoms with Crippen molar-refractivity contribution in [3.63, 3.8) is 0 Å². The third-order valence-electron chi connectivity index (χ3n) is 5.01. The van der Waals surface area contributed by atoms with Gasteiger partial charge in [0.05, 0.1) is 0 Å². The van der Waals surface area contributed by atoms with Gasteiger partial charge in [0.1, 0.15) is 8.65 Å². The van der Waals surface area contributed by atoms with E-state index in [1.807, 2.05) is 0 Å². The summed E-state index contributed by atoms with van der Waals surface area (Å²) in [7, 11) is 0. The van der Waals surface area contributed by atoms with Crippen molar-refractivity contribution in [3.05, 3.63) is 106 Å². The molecule has 22 heavy (non-hydrogen) atoms. The molecule has 3 aliphatic rings. The monoisotopic (exact) mass is 410 g/mol. The minimum absolute atomic E-state index is 0.258. The van der Waals surface area contributed by atoms with Crippen LogP contribution in [0.1, 0.15) is 33.4 Å². The summed E-state index contributed by atoms with van der Waals surface area (Å²) < 4.78 is -0.515. The topological polar surface area (TPSA) is 0 Å². The van der Waals surface area contributed by atoms with Crippen molar-refractivity contribution >= 4 is 31.9 Å². The zero-order valence-electron chi connectivity index (χ0n) is 11.7. The van der Waals surface area contributed by atoms with Gasteiger partial charge >= 0.3 is 0 Å². The van der Waals surface area contributed by atoms with E-state index >= 15 is 0 Å². The molecule has 0 amide bonds. The lowest BCUT2D eigenvalue weighted by Gasteiger charge is -2.51. The average molecular weight is 412 g/mol. The second-order valence-corrected chi connectivity index (χ2v) is 8.33. The van der Waals surface area contributed by atoms with E-state index in [1.54, 1.807) is 0 Å². The highest BCUT2D eigenvalue weighted by Gasteiger charge is 2.56. The summed E-state index contributed by atoms with van der Waals surface area (Å²) in [4.78, 5) is 0. The van der Waals surface area contributed by atoms with Gasteiger partial charge in [0.15, 0.2) is 0 Å². The summed E-state index contributed by atoms with van der Waals surface area (Å²) in [6.45, 7) is 0. The van der Waals surface area contributed by atoms with E-state index in [9.17, 15) is 0 Å². The molecule has 0 nitrogen and oxygen atoms in total. The second-order valence-electron chi connectivity index (χ2n) is 5.95. The first-order valence-electron chi connectivity index (χ1n) is 7.36. The highest BCUT2D eigenvalue weighted by molar-refractivity contribution is 9.10. The maximum Gasteiger partial charge on any atom is 0.101 e. The summed E-state index contributed by atoms with van der Waals surface area (Å²) in [6, 6.07) is 26.2. The highest BCUT2D eigenvalue weighted by atomic mass is 79.9. The lowest BCUT2D eigenvalue weighted by molar-refractivity contribution is 0.697. The van der Waals surface area contributed by atoms with E-state index in [4.69, 9.17) is 0 Å². The standard InChI is InChI=1S/C20H12Br2/c21-19-13-7-1-2-8-14(13)20(22,17-11-5-3-9-15(17)19)18-12-6-4-10-16(18)19/h1-12H. The fourth-order valence-corrected chi connectivity index (χ4v) is 6.20. The third kappa shape index (κ3) is 1.26. The molecule has 0 unspecified atom stereocenters. The fraction of sp³-hybridized carbons (Fsp3) is 0.100. The molecule has 0 spiro atoms. The molecule has 3 aliphatic carbocycles. The summed E-state index contributed by atoms with van der Waals surface area (Å²) >= 11 is 8.26. The highest BCUT2D eigenvalue weighted by Crippen LogP contribution is 2.66. The number of hydrogen-bond acceptors (Lipinski definition) is 0. The molecule has 3 aromatic carbocycles. The van der Waals surface area contributed by atoms with Gasteiger partial charge in [0.2, 0.25) is 0 Å². The number of rotatable bonds is 0. The Labute approximate surface area is 146 Å². The van der Waals surface area contributed by atoms with Gasteiger partial charge in [0, 0.05) is 0 Å². The van der Waals surface area contributed by atoms with Crippen molar-refractivity contribution < 1.29 is 0 Å². The molecule has 0 heterocycles. The Balaban J connectivity index is 2.05. The van der Waals surface area contributed by atoms with Crippen LogP contribution in [0, 0.1) is 0 Å². The van der Waals surface area contributed by atoms with E-state index in [2.05, 4.69) is 105 Å². The largest absolute Gasteiger partial charge is 0.101 e. The minimum atomic E-state index is -0.258. The molecule has 3 aromatic rings. The smallest absolute Gasteiger partial charge is 0.0695 e. The van der Waals surface area contributed by atoms with Crippen LogP contribution in [0.4, 0.5) is 0 Å². The molecule has 0 aliphatic heterocycles. The molecule has 2 bridgehead atoms. The van der Waals surface area contributed by atoms with Gasteiger partial charge in [-0.05, 0) is 33.4 Å². The Morgan fingerprint density at radius 1 is 0.409 bits per heavy atom. The fourth-order valence-electron chi connectivity index (χ4n) is 4.12. The van der Waals surface area contributed by atoms with Crippen LogP contribution in [-0.4, -0.2) is 0 Å². The van der Waals surface area contributed by atoms with Gasteiger partial charge in [0.25, 0.3) is 0 Å². The lowest BCUT2D eigenvalue weighted by Crippen LogP contribution is -2.44. The van der Waals surface area contributed by atoms with Crippen LogP contribution in [0.3, 0.4) is 0 Å². The zero-order chi connectivity index (χ0) is 14.9. The minimum Gasteiger partial charge on any atom is -0.0695 e. The molecule has 0 atom stereocenters. The molecular weight excluding hydrogens is 400 g/mol. The summed E-state index contributed by atoms with van der Waals surface area (Å²) in [6.07, 6.45) is 0. The molecule has 106 valence electrons. The van der Waals surface area contributed by atoms with E-state index in [0.29, 0.717) is 0 Å². The van der Waals surface area contributed by atoms with Gasteiger partial charge < -0.3 is 0 Å². The lowest BCUT2D eigenvalue weighted by atomic mass is 9.61. The van der Waals surface area contributed by atoms with E-state index in [1.165, 1.54) is 33.4 Å². The number of hydrogen-bond donors (Lipinski definition) is 0. The number of halogens is 2. The van der Waals surface area contributed by atoms with Crippen LogP contribution in [0.5, 0.6) is 0 Å². The maximum absolute atomic E-state index is 4.13. The van der Waals surface area contributed by atoms with Crippen LogP contribution >= 0.6 is 31.9 Å². The molecule has 0 radical (unpaired) electrons. The van der Waals surface area contributed by atoms with Crippen molar-refractivity contribution in [2.45, 2.75) is 8.65 Å². The summed E-state index contributed by atoms with van der Waals surface area (Å²) in [5, 5.41) is 0. The van der Waals surface area contributed by atoms with Crippen molar-refractivity contribution in [2.24, 2.45) is 0 Å². The van der Waals surface area contributed by atoms with Gasteiger partial charge in [-0.3, -0.25) is 0 Å².